The minimum atomic E-state index is -3.10. The number of carboxylic acids is 1. The number of rotatable bonds is 11. The molecular formula is C29H41Cl2FN7O8P. The number of carbonyl (C=O) groups excluding carboxylic acids is 2. The summed E-state index contributed by atoms with van der Waals surface area (Å²) in [5.74, 6) is -1.47. The van der Waals surface area contributed by atoms with Gasteiger partial charge in [-0.15, -0.1) is 0 Å². The molecule has 1 aliphatic heterocycles. The van der Waals surface area contributed by atoms with Crippen molar-refractivity contribution >= 4 is 66.1 Å². The predicted octanol–water partition coefficient (Wildman–Crippen LogP) is 5.65. The fourth-order valence-corrected chi connectivity index (χ4v) is 5.29. The van der Waals surface area contributed by atoms with E-state index < -0.39 is 37.2 Å². The molecule has 1 aromatic heterocycles. The van der Waals surface area contributed by atoms with E-state index in [1.54, 1.807) is 13.8 Å². The summed E-state index contributed by atoms with van der Waals surface area (Å²) in [4.78, 5) is 55.8. The minimum Gasteiger partial charge on any atom is -0.489 e. The number of aromatic nitrogens is 3. The topological polar surface area (TPSA) is 219 Å². The van der Waals surface area contributed by atoms with Crippen LogP contribution >= 0.6 is 30.6 Å². The van der Waals surface area contributed by atoms with Gasteiger partial charge < -0.3 is 35.8 Å². The molecule has 266 valence electrons. The maximum Gasteiger partial charge on any atom is 0.427 e. The predicted molar refractivity (Wildman–Crippen MR) is 181 cm³/mol. The SMILES string of the molecule is CC(C)=C1OC(=O)N(c2cc(OC3CCCC3)c(Cl)cc2F)C1=O.CCNc1nc(Cl)nc(NCC)n1.CP(=O)(O)CCC(N)C(=O)O. The molecule has 0 radical (unpaired) electrons. The molecule has 2 fully saturated rings. The van der Waals surface area contributed by atoms with Crippen molar-refractivity contribution in [3.05, 3.63) is 39.6 Å². The van der Waals surface area contributed by atoms with Crippen LogP contribution in [0.4, 0.5) is 26.8 Å². The van der Waals surface area contributed by atoms with Crippen LogP contribution in [0.3, 0.4) is 0 Å². The van der Waals surface area contributed by atoms with Gasteiger partial charge in [-0.2, -0.15) is 15.0 Å². The van der Waals surface area contributed by atoms with Gasteiger partial charge in [0.05, 0.1) is 16.8 Å². The summed E-state index contributed by atoms with van der Waals surface area (Å²) in [6.07, 6.45) is 3.00. The number of nitrogens with one attached hydrogen (secondary N) is 2. The Morgan fingerprint density at radius 3 is 2.17 bits per heavy atom. The van der Waals surface area contributed by atoms with E-state index in [-0.39, 0.29) is 46.2 Å². The number of cyclic esters (lactones) is 1. The number of anilines is 3. The van der Waals surface area contributed by atoms with Gasteiger partial charge in [0.15, 0.2) is 13.1 Å². The van der Waals surface area contributed by atoms with Gasteiger partial charge in [0.25, 0.3) is 0 Å². The van der Waals surface area contributed by atoms with Gasteiger partial charge in [0.2, 0.25) is 17.2 Å². The first-order valence-corrected chi connectivity index (χ1v) is 18.1. The quantitative estimate of drug-likeness (QED) is 0.139. The zero-order chi connectivity index (χ0) is 36.2. The Hall–Kier alpha value is -3.56. The number of carbonyl (C=O) groups is 3. The van der Waals surface area contributed by atoms with Crippen LogP contribution in [0.2, 0.25) is 10.3 Å². The Labute approximate surface area is 287 Å². The summed E-state index contributed by atoms with van der Waals surface area (Å²) >= 11 is 11.7. The number of hydrogen-bond donors (Lipinski definition) is 5. The van der Waals surface area contributed by atoms with E-state index in [0.717, 1.165) is 44.8 Å². The fourth-order valence-electron chi connectivity index (χ4n) is 4.18. The lowest BCUT2D eigenvalue weighted by atomic mass is 10.2. The molecule has 1 saturated heterocycles. The van der Waals surface area contributed by atoms with Gasteiger partial charge in [-0.05, 0) is 83.0 Å². The standard InChI is InChI=1S/C17H17ClFNO4.C7H12ClN5.C5H12NO4P/c1-9(2)15-16(21)20(17(22)24-15)13-8-14(11(18)7-12(13)19)23-10-5-3-4-6-10;1-3-9-6-11-5(8)12-7(13-6)10-4-2;1-11(9,10)3-2-4(6)5(7)8/h7-8,10H,3-6H2,1-2H3;3-4H2,1-2H3,(H2,9,10,11,12,13);4H,2-3,6H2,1H3,(H,7,8)(H,9,10). The van der Waals surface area contributed by atoms with Gasteiger partial charge in [-0.3, -0.25) is 14.2 Å². The molecule has 1 aliphatic carbocycles. The zero-order valence-corrected chi connectivity index (χ0v) is 29.7. The molecule has 2 amide bonds. The smallest absolute Gasteiger partial charge is 0.427 e. The third-order valence-corrected chi connectivity index (χ3v) is 8.06. The molecule has 19 heteroatoms. The van der Waals surface area contributed by atoms with Crippen LogP contribution in [-0.4, -0.2) is 81.0 Å². The summed E-state index contributed by atoms with van der Waals surface area (Å²) in [5, 5.41) is 14.5. The number of ether oxygens (including phenoxy) is 2. The second kappa shape index (κ2) is 18.8. The molecule has 2 heterocycles. The van der Waals surface area contributed by atoms with Gasteiger partial charge in [-0.25, -0.2) is 14.1 Å². The molecule has 0 spiro atoms. The molecule has 2 aliphatic rings. The average molecular weight is 737 g/mol. The summed E-state index contributed by atoms with van der Waals surface area (Å²) < 4.78 is 35.7. The van der Waals surface area contributed by atoms with Crippen molar-refractivity contribution in [2.24, 2.45) is 5.73 Å². The van der Waals surface area contributed by atoms with Crippen molar-refractivity contribution in [2.75, 3.05) is 41.4 Å². The Kier molecular flexibility index (Phi) is 15.9. The number of halogens is 3. The van der Waals surface area contributed by atoms with E-state index in [1.807, 2.05) is 13.8 Å². The lowest BCUT2D eigenvalue weighted by Gasteiger charge is -2.18. The first-order valence-electron chi connectivity index (χ1n) is 15.0. The average Bonchev–Trinajstić information content (AvgIpc) is 3.60. The molecule has 48 heavy (non-hydrogen) atoms. The van der Waals surface area contributed by atoms with E-state index in [4.69, 9.17) is 48.4 Å². The summed E-state index contributed by atoms with van der Waals surface area (Å²) in [7, 11) is -3.10. The summed E-state index contributed by atoms with van der Waals surface area (Å²) in [6.45, 7) is 9.89. The molecule has 0 bridgehead atoms. The Morgan fingerprint density at radius 2 is 1.71 bits per heavy atom. The van der Waals surface area contributed by atoms with Gasteiger partial charge in [0.1, 0.15) is 17.6 Å². The van der Waals surface area contributed by atoms with Crippen molar-refractivity contribution in [3.63, 3.8) is 0 Å². The molecule has 1 saturated carbocycles. The van der Waals surface area contributed by atoms with Crippen molar-refractivity contribution in [1.82, 2.24) is 15.0 Å². The van der Waals surface area contributed by atoms with Gasteiger partial charge in [-0.1, -0.05) is 11.6 Å². The van der Waals surface area contributed by atoms with Crippen LogP contribution in [0, 0.1) is 5.82 Å². The maximum atomic E-state index is 14.3. The van der Waals surface area contributed by atoms with Gasteiger partial charge in [0, 0.05) is 32.0 Å². The minimum absolute atomic E-state index is 0.00962. The van der Waals surface area contributed by atoms with Crippen LogP contribution in [0.1, 0.15) is 59.8 Å². The molecule has 2 aromatic rings. The van der Waals surface area contributed by atoms with Crippen molar-refractivity contribution in [3.8, 4) is 5.75 Å². The van der Waals surface area contributed by atoms with Crippen LogP contribution in [0.25, 0.3) is 0 Å². The lowest BCUT2D eigenvalue weighted by Crippen LogP contribution is -2.30. The molecule has 6 N–H and O–H groups in total. The molecular weight excluding hydrogens is 695 g/mol. The third kappa shape index (κ3) is 12.8. The molecule has 4 rings (SSSR count). The number of aliphatic carboxylic acids is 1. The number of nitrogens with two attached hydrogens (primary N) is 1. The first-order chi connectivity index (χ1) is 22.5. The first kappa shape index (κ1) is 40.6. The Morgan fingerprint density at radius 1 is 1.15 bits per heavy atom. The van der Waals surface area contributed by atoms with E-state index in [0.29, 0.717) is 22.4 Å². The van der Waals surface area contributed by atoms with Crippen molar-refractivity contribution < 1.29 is 42.8 Å². The second-order valence-corrected chi connectivity index (χ2v) is 14.2. The number of carboxylic acid groups (broad SMARTS) is 1. The summed E-state index contributed by atoms with van der Waals surface area (Å²) in [6, 6.07) is 1.29. The highest BCUT2D eigenvalue weighted by atomic mass is 35.5. The number of nitrogens with zero attached hydrogens (tertiary/aromatic N) is 4. The van der Waals surface area contributed by atoms with Crippen molar-refractivity contribution in [1.29, 1.82) is 0 Å². The monoisotopic (exact) mass is 735 g/mol. The maximum absolute atomic E-state index is 14.3. The van der Waals surface area contributed by atoms with Crippen LogP contribution in [0.15, 0.2) is 23.5 Å². The third-order valence-electron chi connectivity index (χ3n) is 6.51. The Bertz CT molecular complexity index is 1510. The number of imide groups is 1. The fraction of sp³-hybridized carbons (Fsp3) is 0.517. The molecule has 2 unspecified atom stereocenters. The molecule has 15 nitrogen and oxygen atoms in total. The summed E-state index contributed by atoms with van der Waals surface area (Å²) in [5.41, 5.74) is 5.40. The normalized spacial score (nSPS) is 16.1. The van der Waals surface area contributed by atoms with E-state index in [9.17, 15) is 23.3 Å². The van der Waals surface area contributed by atoms with Gasteiger partial charge >= 0.3 is 18.0 Å². The van der Waals surface area contributed by atoms with Crippen molar-refractivity contribution in [2.45, 2.75) is 71.9 Å². The lowest BCUT2D eigenvalue weighted by molar-refractivity contribution is -0.138. The second-order valence-electron chi connectivity index (χ2n) is 10.9. The highest BCUT2D eigenvalue weighted by Gasteiger charge is 2.40. The largest absolute Gasteiger partial charge is 0.489 e. The zero-order valence-electron chi connectivity index (χ0n) is 27.3. The number of hydrogen-bond acceptors (Lipinski definition) is 12. The number of amides is 2. The highest BCUT2D eigenvalue weighted by molar-refractivity contribution is 7.57. The molecule has 1 aromatic carbocycles. The van der Waals surface area contributed by atoms with E-state index in [1.165, 1.54) is 12.7 Å². The Balaban J connectivity index is 0.000000282. The van der Waals surface area contributed by atoms with Crippen LogP contribution in [0.5, 0.6) is 5.75 Å². The molecule has 2 atom stereocenters. The number of benzene rings is 1. The number of allylic oxidation sites excluding steroid dienone is 1. The van der Waals surface area contributed by atoms with Crippen LogP contribution in [-0.2, 0) is 18.9 Å². The highest BCUT2D eigenvalue weighted by Crippen LogP contribution is 2.38. The van der Waals surface area contributed by atoms with E-state index >= 15 is 0 Å². The van der Waals surface area contributed by atoms with Crippen LogP contribution < -0.4 is 26.0 Å². The van der Waals surface area contributed by atoms with E-state index in [2.05, 4.69) is 25.6 Å².